The molecule has 1 aromatic rings. The first-order valence-electron chi connectivity index (χ1n) is 6.23. The summed E-state index contributed by atoms with van der Waals surface area (Å²) in [5.74, 6) is -0.579. The first kappa shape index (κ1) is 16.7. The number of nitrogens with zero attached hydrogens (tertiary/aromatic N) is 3. The molecule has 0 amide bonds. The van der Waals surface area contributed by atoms with Crippen molar-refractivity contribution in [2.45, 2.75) is 6.04 Å². The second-order valence-corrected chi connectivity index (χ2v) is 4.67. The Bertz CT molecular complexity index is 554. The van der Waals surface area contributed by atoms with Crippen LogP contribution in [0.1, 0.15) is 11.6 Å². The molecule has 0 aliphatic heterocycles. The second kappa shape index (κ2) is 7.42. The molecular weight excluding hydrogens is 276 g/mol. The Balaban J connectivity index is 3.07. The third-order valence-electron chi connectivity index (χ3n) is 2.86. The molecule has 1 unspecified atom stereocenters. The summed E-state index contributed by atoms with van der Waals surface area (Å²) in [6.45, 7) is 1.26. The zero-order valence-electron chi connectivity index (χ0n) is 12.2. The summed E-state index contributed by atoms with van der Waals surface area (Å²) >= 11 is 0. The molecule has 1 atom stereocenters. The van der Waals surface area contributed by atoms with Crippen molar-refractivity contribution in [3.05, 3.63) is 27.8 Å². The minimum absolute atomic E-state index is 0.0335. The molecule has 114 valence electrons. The molecule has 0 saturated carbocycles. The van der Waals surface area contributed by atoms with Gasteiger partial charge in [-0.15, -0.1) is 0 Å². The van der Waals surface area contributed by atoms with E-state index in [0.29, 0.717) is 12.1 Å². The van der Waals surface area contributed by atoms with Gasteiger partial charge in [0, 0.05) is 19.2 Å². The Kier molecular flexibility index (Phi) is 5.90. The summed E-state index contributed by atoms with van der Waals surface area (Å²) in [6.07, 6.45) is 0. The molecular formula is C13H18N4O4. The summed E-state index contributed by atoms with van der Waals surface area (Å²) in [6, 6.07) is 3.91. The Morgan fingerprint density at radius 2 is 2.24 bits per heavy atom. The number of nitriles is 1. The molecule has 21 heavy (non-hydrogen) atoms. The van der Waals surface area contributed by atoms with E-state index < -0.39 is 22.4 Å². The van der Waals surface area contributed by atoms with Crippen LogP contribution >= 0.6 is 0 Å². The van der Waals surface area contributed by atoms with Crippen molar-refractivity contribution in [1.82, 2.24) is 10.2 Å². The molecule has 8 heteroatoms. The lowest BCUT2D eigenvalue weighted by atomic mass is 10.1. The number of phenolic OH excluding ortho intramolecular Hbond substituents is 1. The van der Waals surface area contributed by atoms with Gasteiger partial charge in [0.2, 0.25) is 5.75 Å². The van der Waals surface area contributed by atoms with E-state index in [1.807, 2.05) is 25.1 Å². The third-order valence-corrected chi connectivity index (χ3v) is 2.86. The number of nitro groups is 1. The molecule has 1 aromatic carbocycles. The molecule has 0 aromatic heterocycles. The number of aromatic hydroxyl groups is 1. The second-order valence-electron chi connectivity index (χ2n) is 4.67. The summed E-state index contributed by atoms with van der Waals surface area (Å²) in [7, 11) is 5.10. The molecule has 0 spiro atoms. The smallest absolute Gasteiger partial charge is 0.315 e. The third kappa shape index (κ3) is 4.30. The van der Waals surface area contributed by atoms with Gasteiger partial charge in [0.05, 0.1) is 18.1 Å². The van der Waals surface area contributed by atoms with Crippen LogP contribution in [-0.4, -0.2) is 49.2 Å². The molecule has 0 bridgehead atoms. The molecule has 8 nitrogen and oxygen atoms in total. The molecule has 0 aliphatic rings. The molecule has 0 heterocycles. The van der Waals surface area contributed by atoms with E-state index in [4.69, 9.17) is 4.74 Å². The van der Waals surface area contributed by atoms with Crippen LogP contribution < -0.4 is 10.1 Å². The quantitative estimate of drug-likeness (QED) is 0.570. The topological polar surface area (TPSA) is 112 Å². The van der Waals surface area contributed by atoms with E-state index in [1.165, 1.54) is 19.2 Å². The number of nitro benzene ring substituents is 1. The van der Waals surface area contributed by atoms with Gasteiger partial charge in [-0.3, -0.25) is 15.4 Å². The summed E-state index contributed by atoms with van der Waals surface area (Å²) in [5, 5.41) is 32.8. The van der Waals surface area contributed by atoms with E-state index in [-0.39, 0.29) is 5.75 Å². The van der Waals surface area contributed by atoms with Crippen molar-refractivity contribution >= 4 is 5.69 Å². The van der Waals surface area contributed by atoms with Gasteiger partial charge in [0.1, 0.15) is 6.04 Å². The molecule has 0 aliphatic carbocycles. The highest BCUT2D eigenvalue weighted by molar-refractivity contribution is 5.58. The number of likely N-dealkylation sites (N-methyl/N-ethyl adjacent to an activating group) is 1. The average molecular weight is 294 g/mol. The maximum absolute atomic E-state index is 10.9. The standard InChI is InChI=1S/C13H18N4O4/c1-16(2)5-4-15-10(8-14)9-6-11(17(19)20)13(18)12(7-9)21-3/h6-7,10,15,18H,4-5H2,1-3H3. The van der Waals surface area contributed by atoms with Crippen LogP contribution in [-0.2, 0) is 0 Å². The lowest BCUT2D eigenvalue weighted by molar-refractivity contribution is -0.386. The number of hydrogen-bond donors (Lipinski definition) is 2. The first-order chi connectivity index (χ1) is 9.90. The van der Waals surface area contributed by atoms with Crippen molar-refractivity contribution in [3.63, 3.8) is 0 Å². The summed E-state index contributed by atoms with van der Waals surface area (Å²) in [4.78, 5) is 12.2. The fraction of sp³-hybridized carbons (Fsp3) is 0.462. The van der Waals surface area contributed by atoms with Gasteiger partial charge in [-0.2, -0.15) is 5.26 Å². The fourth-order valence-electron chi connectivity index (χ4n) is 1.75. The maximum atomic E-state index is 10.9. The van der Waals surface area contributed by atoms with Crippen molar-refractivity contribution in [3.8, 4) is 17.6 Å². The number of nitrogens with one attached hydrogen (secondary N) is 1. The van der Waals surface area contributed by atoms with Crippen LogP contribution in [0.5, 0.6) is 11.5 Å². The van der Waals surface area contributed by atoms with E-state index in [9.17, 15) is 20.5 Å². The fourth-order valence-corrected chi connectivity index (χ4v) is 1.75. The van der Waals surface area contributed by atoms with Crippen LogP contribution in [0.15, 0.2) is 12.1 Å². The Morgan fingerprint density at radius 3 is 2.71 bits per heavy atom. The zero-order chi connectivity index (χ0) is 16.0. The van der Waals surface area contributed by atoms with Crippen molar-refractivity contribution in [1.29, 1.82) is 5.26 Å². The van der Waals surface area contributed by atoms with E-state index >= 15 is 0 Å². The molecule has 0 radical (unpaired) electrons. The van der Waals surface area contributed by atoms with Crippen LogP contribution in [0.3, 0.4) is 0 Å². The summed E-state index contributed by atoms with van der Waals surface area (Å²) < 4.78 is 4.91. The van der Waals surface area contributed by atoms with Crippen LogP contribution in [0.25, 0.3) is 0 Å². The Morgan fingerprint density at radius 1 is 1.57 bits per heavy atom. The largest absolute Gasteiger partial charge is 0.500 e. The van der Waals surface area contributed by atoms with Crippen LogP contribution in [0, 0.1) is 21.4 Å². The summed E-state index contributed by atoms with van der Waals surface area (Å²) in [5.41, 5.74) is -0.114. The normalized spacial score (nSPS) is 12.0. The Labute approximate surface area is 122 Å². The highest BCUT2D eigenvalue weighted by Gasteiger charge is 2.23. The molecule has 2 N–H and O–H groups in total. The van der Waals surface area contributed by atoms with E-state index in [2.05, 4.69) is 5.32 Å². The van der Waals surface area contributed by atoms with Gasteiger partial charge in [-0.1, -0.05) is 0 Å². The SMILES string of the molecule is COc1cc(C(C#N)NCCN(C)C)cc([N+](=O)[O-])c1O. The predicted molar refractivity (Wildman–Crippen MR) is 76.2 cm³/mol. The number of rotatable bonds is 7. The Hall–Kier alpha value is -2.37. The van der Waals surface area contributed by atoms with E-state index in [1.54, 1.807) is 0 Å². The lowest BCUT2D eigenvalue weighted by Gasteiger charge is -2.15. The van der Waals surface area contributed by atoms with Crippen LogP contribution in [0.4, 0.5) is 5.69 Å². The van der Waals surface area contributed by atoms with Gasteiger partial charge >= 0.3 is 5.69 Å². The van der Waals surface area contributed by atoms with Crippen LogP contribution in [0.2, 0.25) is 0 Å². The maximum Gasteiger partial charge on any atom is 0.315 e. The van der Waals surface area contributed by atoms with Gasteiger partial charge in [0.25, 0.3) is 0 Å². The van der Waals surface area contributed by atoms with Crippen molar-refractivity contribution in [2.75, 3.05) is 34.3 Å². The molecule has 1 rings (SSSR count). The number of ether oxygens (including phenoxy) is 1. The minimum Gasteiger partial charge on any atom is -0.500 e. The molecule has 0 saturated heterocycles. The van der Waals surface area contributed by atoms with Gasteiger partial charge < -0.3 is 14.7 Å². The average Bonchev–Trinajstić information content (AvgIpc) is 2.43. The minimum atomic E-state index is -0.724. The number of phenols is 1. The van der Waals surface area contributed by atoms with E-state index in [0.717, 1.165) is 6.54 Å². The number of benzene rings is 1. The highest BCUT2D eigenvalue weighted by atomic mass is 16.6. The van der Waals surface area contributed by atoms with Crippen molar-refractivity contribution in [2.24, 2.45) is 0 Å². The number of methoxy groups -OCH3 is 1. The van der Waals surface area contributed by atoms with Gasteiger partial charge in [-0.05, 0) is 25.7 Å². The van der Waals surface area contributed by atoms with Crippen molar-refractivity contribution < 1.29 is 14.8 Å². The number of hydrogen-bond acceptors (Lipinski definition) is 7. The lowest BCUT2D eigenvalue weighted by Crippen LogP contribution is -2.29. The monoisotopic (exact) mass is 294 g/mol. The van der Waals surface area contributed by atoms with Gasteiger partial charge in [-0.25, -0.2) is 0 Å². The zero-order valence-corrected chi connectivity index (χ0v) is 12.2. The highest BCUT2D eigenvalue weighted by Crippen LogP contribution is 2.38. The van der Waals surface area contributed by atoms with Gasteiger partial charge in [0.15, 0.2) is 5.75 Å². The first-order valence-corrected chi connectivity index (χ1v) is 6.23. The predicted octanol–water partition coefficient (Wildman–Crippen LogP) is 1.02. The molecule has 0 fully saturated rings.